The Bertz CT molecular complexity index is 471. The highest BCUT2D eigenvalue weighted by Gasteiger charge is 2.11. The van der Waals surface area contributed by atoms with Gasteiger partial charge in [-0.15, -0.1) is 0 Å². The Morgan fingerprint density at radius 1 is 1.25 bits per heavy atom. The molecule has 1 atom stereocenters. The maximum atomic E-state index is 11.7. The van der Waals surface area contributed by atoms with Crippen LogP contribution in [0, 0.1) is 5.92 Å². The highest BCUT2D eigenvalue weighted by molar-refractivity contribution is 7.80. The largest absolute Gasteiger partial charge is 0.332 e. The Kier molecular flexibility index (Phi) is 6.65. The Hall–Kier alpha value is -1.42. The second-order valence-corrected chi connectivity index (χ2v) is 5.91. The summed E-state index contributed by atoms with van der Waals surface area (Å²) in [5, 5.41) is 6.22. The standard InChI is InChI=1S/C16H24N2OS/c1-5-12(4)13-8-6-7-9-14(13)17-16(20)18-15(19)10-11(2)3/h6-9,11-12H,5,10H2,1-4H3,(H2,17,18,19,20)/t12-/m0/s1. The van der Waals surface area contributed by atoms with E-state index in [4.69, 9.17) is 12.2 Å². The van der Waals surface area contributed by atoms with Crippen molar-refractivity contribution in [2.24, 2.45) is 5.92 Å². The first-order valence-electron chi connectivity index (χ1n) is 7.13. The van der Waals surface area contributed by atoms with Crippen LogP contribution in [0.5, 0.6) is 0 Å². The second kappa shape index (κ2) is 8.00. The number of carbonyl (C=O) groups is 1. The average Bonchev–Trinajstić information content (AvgIpc) is 2.37. The number of carbonyl (C=O) groups excluding carboxylic acids is 1. The van der Waals surface area contributed by atoms with Crippen molar-refractivity contribution in [2.75, 3.05) is 5.32 Å². The molecule has 0 aliphatic carbocycles. The fraction of sp³-hybridized carbons (Fsp3) is 0.500. The van der Waals surface area contributed by atoms with Crippen LogP contribution in [0.4, 0.5) is 5.69 Å². The van der Waals surface area contributed by atoms with Crippen LogP contribution < -0.4 is 10.6 Å². The summed E-state index contributed by atoms with van der Waals surface area (Å²) in [6, 6.07) is 8.07. The Labute approximate surface area is 127 Å². The van der Waals surface area contributed by atoms with Crippen LogP contribution in [-0.4, -0.2) is 11.0 Å². The van der Waals surface area contributed by atoms with Crippen LogP contribution in [0.2, 0.25) is 0 Å². The molecule has 3 nitrogen and oxygen atoms in total. The lowest BCUT2D eigenvalue weighted by Crippen LogP contribution is -2.34. The van der Waals surface area contributed by atoms with E-state index in [2.05, 4.69) is 30.5 Å². The van der Waals surface area contributed by atoms with Crippen molar-refractivity contribution in [3.63, 3.8) is 0 Å². The smallest absolute Gasteiger partial charge is 0.226 e. The predicted octanol–water partition coefficient (Wildman–Crippen LogP) is 4.06. The zero-order chi connectivity index (χ0) is 15.1. The van der Waals surface area contributed by atoms with E-state index in [0.29, 0.717) is 23.4 Å². The van der Waals surface area contributed by atoms with Crippen LogP contribution in [0.25, 0.3) is 0 Å². The second-order valence-electron chi connectivity index (χ2n) is 5.50. The first-order valence-corrected chi connectivity index (χ1v) is 7.54. The topological polar surface area (TPSA) is 41.1 Å². The van der Waals surface area contributed by atoms with Gasteiger partial charge >= 0.3 is 0 Å². The minimum atomic E-state index is -0.0430. The van der Waals surface area contributed by atoms with Gasteiger partial charge in [-0.25, -0.2) is 0 Å². The van der Waals surface area contributed by atoms with Crippen molar-refractivity contribution in [1.29, 1.82) is 0 Å². The summed E-state index contributed by atoms with van der Waals surface area (Å²) in [5.41, 5.74) is 2.19. The summed E-state index contributed by atoms with van der Waals surface area (Å²) >= 11 is 5.20. The van der Waals surface area contributed by atoms with E-state index < -0.39 is 0 Å². The molecule has 20 heavy (non-hydrogen) atoms. The van der Waals surface area contributed by atoms with Crippen LogP contribution in [0.15, 0.2) is 24.3 Å². The van der Waals surface area contributed by atoms with E-state index in [-0.39, 0.29) is 5.91 Å². The summed E-state index contributed by atoms with van der Waals surface area (Å²) in [4.78, 5) is 11.7. The molecule has 4 heteroatoms. The van der Waals surface area contributed by atoms with Gasteiger partial charge in [0.1, 0.15) is 0 Å². The van der Waals surface area contributed by atoms with Gasteiger partial charge in [0.05, 0.1) is 0 Å². The van der Waals surface area contributed by atoms with Crippen molar-refractivity contribution in [3.05, 3.63) is 29.8 Å². The first kappa shape index (κ1) is 16.6. The Morgan fingerprint density at radius 3 is 2.50 bits per heavy atom. The third-order valence-corrected chi connectivity index (χ3v) is 3.40. The maximum absolute atomic E-state index is 11.7. The van der Waals surface area contributed by atoms with Crippen molar-refractivity contribution >= 4 is 28.9 Å². The van der Waals surface area contributed by atoms with Crippen LogP contribution in [0.1, 0.15) is 52.0 Å². The van der Waals surface area contributed by atoms with E-state index in [1.807, 2.05) is 32.0 Å². The summed E-state index contributed by atoms with van der Waals surface area (Å²) < 4.78 is 0. The minimum Gasteiger partial charge on any atom is -0.332 e. The number of nitrogens with one attached hydrogen (secondary N) is 2. The van der Waals surface area contributed by atoms with Crippen molar-refractivity contribution in [1.82, 2.24) is 5.32 Å². The molecule has 0 radical (unpaired) electrons. The molecule has 1 aromatic carbocycles. The van der Waals surface area contributed by atoms with Gasteiger partial charge in [0.2, 0.25) is 5.91 Å². The summed E-state index contributed by atoms with van der Waals surface area (Å²) in [6.07, 6.45) is 1.54. The van der Waals surface area contributed by atoms with Crippen molar-refractivity contribution < 1.29 is 4.79 Å². The molecule has 0 aliphatic heterocycles. The molecule has 1 rings (SSSR count). The molecule has 110 valence electrons. The molecule has 1 amide bonds. The molecule has 0 aliphatic rings. The number of hydrogen-bond donors (Lipinski definition) is 2. The van der Waals surface area contributed by atoms with Crippen LogP contribution in [-0.2, 0) is 4.79 Å². The molecule has 0 saturated heterocycles. The zero-order valence-electron chi connectivity index (χ0n) is 12.7. The number of benzene rings is 1. The van der Waals surface area contributed by atoms with E-state index in [9.17, 15) is 4.79 Å². The van der Waals surface area contributed by atoms with Crippen LogP contribution in [0.3, 0.4) is 0 Å². The average molecular weight is 292 g/mol. The Morgan fingerprint density at radius 2 is 1.90 bits per heavy atom. The van der Waals surface area contributed by atoms with E-state index in [0.717, 1.165) is 12.1 Å². The Balaban J connectivity index is 2.69. The van der Waals surface area contributed by atoms with Crippen molar-refractivity contribution in [3.8, 4) is 0 Å². The summed E-state index contributed by atoms with van der Waals surface area (Å²) in [6.45, 7) is 8.35. The number of amides is 1. The molecule has 0 saturated carbocycles. The van der Waals surface area contributed by atoms with E-state index in [1.54, 1.807) is 0 Å². The molecule has 0 unspecified atom stereocenters. The highest BCUT2D eigenvalue weighted by Crippen LogP contribution is 2.26. The number of thiocarbonyl (C=S) groups is 1. The lowest BCUT2D eigenvalue weighted by atomic mass is 9.97. The van der Waals surface area contributed by atoms with Gasteiger partial charge in [0.15, 0.2) is 5.11 Å². The third kappa shape index (κ3) is 5.29. The van der Waals surface area contributed by atoms with Gasteiger partial charge in [0, 0.05) is 12.1 Å². The van der Waals surface area contributed by atoms with Gasteiger partial charge in [0.25, 0.3) is 0 Å². The van der Waals surface area contributed by atoms with Gasteiger partial charge in [-0.1, -0.05) is 45.9 Å². The van der Waals surface area contributed by atoms with Gasteiger partial charge in [-0.2, -0.15) is 0 Å². The molecule has 0 aromatic heterocycles. The lowest BCUT2D eigenvalue weighted by molar-refractivity contribution is -0.120. The van der Waals surface area contributed by atoms with E-state index in [1.165, 1.54) is 5.56 Å². The number of para-hydroxylation sites is 1. The fourth-order valence-electron chi connectivity index (χ4n) is 1.96. The normalized spacial score (nSPS) is 12.1. The molecule has 0 fully saturated rings. The quantitative estimate of drug-likeness (QED) is 0.804. The maximum Gasteiger partial charge on any atom is 0.226 e. The number of anilines is 1. The zero-order valence-corrected chi connectivity index (χ0v) is 13.5. The SMILES string of the molecule is CC[C@H](C)c1ccccc1NC(=S)NC(=O)CC(C)C. The van der Waals surface area contributed by atoms with E-state index >= 15 is 0 Å². The summed E-state index contributed by atoms with van der Waals surface area (Å²) in [7, 11) is 0. The number of hydrogen-bond acceptors (Lipinski definition) is 2. The fourth-order valence-corrected chi connectivity index (χ4v) is 2.19. The lowest BCUT2D eigenvalue weighted by Gasteiger charge is -2.17. The highest BCUT2D eigenvalue weighted by atomic mass is 32.1. The molecule has 1 aromatic rings. The summed E-state index contributed by atoms with van der Waals surface area (Å²) in [5.74, 6) is 0.733. The molecule has 0 spiro atoms. The van der Waals surface area contributed by atoms with Gasteiger partial charge in [-0.3, -0.25) is 4.79 Å². The first-order chi connectivity index (χ1) is 9.43. The molecule has 0 heterocycles. The van der Waals surface area contributed by atoms with Crippen LogP contribution >= 0.6 is 12.2 Å². The third-order valence-electron chi connectivity index (χ3n) is 3.20. The van der Waals surface area contributed by atoms with Gasteiger partial charge < -0.3 is 10.6 Å². The molecule has 0 bridgehead atoms. The molecular formula is C16H24N2OS. The van der Waals surface area contributed by atoms with Crippen molar-refractivity contribution in [2.45, 2.75) is 46.5 Å². The molecule has 2 N–H and O–H groups in total. The van der Waals surface area contributed by atoms with Gasteiger partial charge in [-0.05, 0) is 42.1 Å². The predicted molar refractivity (Wildman–Crippen MR) is 89.0 cm³/mol. The minimum absolute atomic E-state index is 0.0430. The number of rotatable bonds is 5. The molecular weight excluding hydrogens is 268 g/mol. The monoisotopic (exact) mass is 292 g/mol.